The molecule has 0 spiro atoms. The summed E-state index contributed by atoms with van der Waals surface area (Å²) in [5, 5.41) is 0. The summed E-state index contributed by atoms with van der Waals surface area (Å²) in [5.74, 6) is 0.253. The molecule has 0 saturated carbocycles. The van der Waals surface area contributed by atoms with Crippen LogP contribution in [-0.4, -0.2) is 23.8 Å². The van der Waals surface area contributed by atoms with E-state index in [1.807, 2.05) is 19.1 Å². The van der Waals surface area contributed by atoms with Gasteiger partial charge >= 0.3 is 0 Å². The molecular weight excluding hydrogens is 508 g/mol. The molecule has 2 atom stereocenters. The Labute approximate surface area is 251 Å². The van der Waals surface area contributed by atoms with Crippen LogP contribution >= 0.6 is 0 Å². The van der Waals surface area contributed by atoms with Crippen molar-refractivity contribution >= 4 is 11.4 Å². The smallest absolute Gasteiger partial charge is 0.125 e. The summed E-state index contributed by atoms with van der Waals surface area (Å²) in [6.45, 7) is 10.8. The first kappa shape index (κ1) is 28.8. The SMILES string of the molecule is C=C(/C=C\C=C/C)C(C)c1ccc(-c2cccc(C3=NC(Cc4ccccc4)N(C)C(c4ccccc4)=C3)c2)cc1C. The van der Waals surface area contributed by atoms with Crippen LogP contribution in [0.4, 0.5) is 0 Å². The van der Waals surface area contributed by atoms with E-state index >= 15 is 0 Å². The largest absolute Gasteiger partial charge is 0.352 e. The molecule has 210 valence electrons. The van der Waals surface area contributed by atoms with Crippen LogP contribution in [0.1, 0.15) is 47.6 Å². The molecule has 5 rings (SSSR count). The maximum absolute atomic E-state index is 5.29. The van der Waals surface area contributed by atoms with Gasteiger partial charge in [-0.25, -0.2) is 0 Å². The Bertz CT molecular complexity index is 1650. The number of hydrogen-bond donors (Lipinski definition) is 0. The van der Waals surface area contributed by atoms with Crippen LogP contribution in [0.3, 0.4) is 0 Å². The summed E-state index contributed by atoms with van der Waals surface area (Å²) < 4.78 is 0. The van der Waals surface area contributed by atoms with E-state index in [4.69, 9.17) is 4.99 Å². The van der Waals surface area contributed by atoms with Crippen LogP contribution in [0.5, 0.6) is 0 Å². The molecule has 2 heteroatoms. The number of hydrogen-bond acceptors (Lipinski definition) is 2. The maximum Gasteiger partial charge on any atom is 0.125 e. The molecule has 0 aromatic heterocycles. The summed E-state index contributed by atoms with van der Waals surface area (Å²) >= 11 is 0. The Balaban J connectivity index is 1.48. The number of aryl methyl sites for hydroxylation is 1. The van der Waals surface area contributed by atoms with Gasteiger partial charge in [-0.15, -0.1) is 0 Å². The second kappa shape index (κ2) is 13.3. The van der Waals surface area contributed by atoms with Gasteiger partial charge in [0.1, 0.15) is 6.17 Å². The predicted molar refractivity (Wildman–Crippen MR) is 181 cm³/mol. The van der Waals surface area contributed by atoms with E-state index in [0.717, 1.165) is 23.3 Å². The highest BCUT2D eigenvalue weighted by Gasteiger charge is 2.24. The Morgan fingerprint density at radius 1 is 0.833 bits per heavy atom. The fourth-order valence-corrected chi connectivity index (χ4v) is 5.57. The minimum Gasteiger partial charge on any atom is -0.352 e. The standard InChI is InChI=1S/C40H40N2/c1-6-7-10-16-29(2)31(4)37-24-23-35(25-30(37)3)34-21-15-22-36(27-34)38-28-39(33-19-13-9-14-20-33)42(5)40(41-38)26-32-17-11-8-12-18-32/h6-25,27-28,31,40H,2,26H2,1,3-5H3/b7-6-,16-10-. The lowest BCUT2D eigenvalue weighted by Crippen LogP contribution is -2.35. The zero-order valence-corrected chi connectivity index (χ0v) is 25.2. The van der Waals surface area contributed by atoms with Gasteiger partial charge in [0.2, 0.25) is 0 Å². The zero-order chi connectivity index (χ0) is 29.5. The molecule has 0 amide bonds. The predicted octanol–water partition coefficient (Wildman–Crippen LogP) is 9.80. The molecule has 0 radical (unpaired) electrons. The molecule has 1 aliphatic heterocycles. The number of aliphatic imine (C=N–C) groups is 1. The van der Waals surface area contributed by atoms with Gasteiger partial charge in [-0.05, 0) is 64.9 Å². The second-order valence-corrected chi connectivity index (χ2v) is 11.0. The third kappa shape index (κ3) is 6.61. The van der Waals surface area contributed by atoms with E-state index in [-0.39, 0.29) is 12.1 Å². The van der Waals surface area contributed by atoms with Gasteiger partial charge in [0.15, 0.2) is 0 Å². The van der Waals surface area contributed by atoms with Crippen molar-refractivity contribution in [1.82, 2.24) is 4.90 Å². The van der Waals surface area contributed by atoms with Gasteiger partial charge in [0, 0.05) is 30.6 Å². The minimum atomic E-state index is 0.00393. The molecule has 2 nitrogen and oxygen atoms in total. The van der Waals surface area contributed by atoms with Crippen molar-refractivity contribution < 1.29 is 0 Å². The van der Waals surface area contributed by atoms with E-state index in [0.29, 0.717) is 0 Å². The fourth-order valence-electron chi connectivity index (χ4n) is 5.57. The average Bonchev–Trinajstić information content (AvgIpc) is 3.02. The highest BCUT2D eigenvalue weighted by Crippen LogP contribution is 2.32. The van der Waals surface area contributed by atoms with Crippen molar-refractivity contribution in [3.8, 4) is 11.1 Å². The van der Waals surface area contributed by atoms with E-state index in [9.17, 15) is 0 Å². The number of likely N-dealkylation sites (N-methyl/N-ethyl adjacent to an activating group) is 1. The van der Waals surface area contributed by atoms with E-state index < -0.39 is 0 Å². The monoisotopic (exact) mass is 548 g/mol. The first-order chi connectivity index (χ1) is 20.4. The molecule has 0 bridgehead atoms. The maximum atomic E-state index is 5.29. The molecule has 0 aliphatic carbocycles. The van der Waals surface area contributed by atoms with Crippen LogP contribution in [-0.2, 0) is 6.42 Å². The average molecular weight is 549 g/mol. The lowest BCUT2D eigenvalue weighted by atomic mass is 9.88. The molecule has 42 heavy (non-hydrogen) atoms. The highest BCUT2D eigenvalue weighted by atomic mass is 15.2. The highest BCUT2D eigenvalue weighted by molar-refractivity contribution is 6.13. The number of rotatable bonds is 9. The summed E-state index contributed by atoms with van der Waals surface area (Å²) in [4.78, 5) is 7.60. The van der Waals surface area contributed by atoms with Crippen LogP contribution < -0.4 is 0 Å². The molecule has 4 aromatic carbocycles. The van der Waals surface area contributed by atoms with Crippen molar-refractivity contribution in [3.05, 3.63) is 173 Å². The summed E-state index contributed by atoms with van der Waals surface area (Å²) in [7, 11) is 2.15. The van der Waals surface area contributed by atoms with Gasteiger partial charge in [0.25, 0.3) is 0 Å². The Kier molecular flexibility index (Phi) is 9.14. The van der Waals surface area contributed by atoms with E-state index in [1.165, 1.54) is 39.1 Å². The van der Waals surface area contributed by atoms with Gasteiger partial charge in [-0.2, -0.15) is 0 Å². The first-order valence-corrected chi connectivity index (χ1v) is 14.8. The topological polar surface area (TPSA) is 15.6 Å². The summed E-state index contributed by atoms with van der Waals surface area (Å²) in [5.41, 5.74) is 11.9. The van der Waals surface area contributed by atoms with E-state index in [2.05, 4.69) is 154 Å². The Hall–Kier alpha value is -4.69. The first-order valence-electron chi connectivity index (χ1n) is 14.8. The van der Waals surface area contributed by atoms with Crippen LogP contribution in [0.2, 0.25) is 0 Å². The number of nitrogens with zero attached hydrogens (tertiary/aromatic N) is 2. The molecule has 2 unspecified atom stereocenters. The molecule has 0 saturated heterocycles. The Morgan fingerprint density at radius 2 is 1.50 bits per heavy atom. The zero-order valence-electron chi connectivity index (χ0n) is 25.2. The van der Waals surface area contributed by atoms with Crippen molar-refractivity contribution in [2.75, 3.05) is 7.05 Å². The van der Waals surface area contributed by atoms with Gasteiger partial charge in [0.05, 0.1) is 5.71 Å². The molecular formula is C40H40N2. The normalized spacial score (nSPS) is 16.0. The lowest BCUT2D eigenvalue weighted by Gasteiger charge is -2.34. The molecule has 0 N–H and O–H groups in total. The molecule has 4 aromatic rings. The summed E-state index contributed by atoms with van der Waals surface area (Å²) in [6.07, 6.45) is 11.3. The van der Waals surface area contributed by atoms with Crippen LogP contribution in [0.15, 0.2) is 151 Å². The molecule has 0 fully saturated rings. The van der Waals surface area contributed by atoms with Gasteiger partial charge < -0.3 is 4.90 Å². The van der Waals surface area contributed by atoms with Crippen molar-refractivity contribution in [1.29, 1.82) is 0 Å². The summed E-state index contributed by atoms with van der Waals surface area (Å²) in [6, 6.07) is 36.9. The number of benzene rings is 4. The minimum absolute atomic E-state index is 0.00393. The third-order valence-corrected chi connectivity index (χ3v) is 8.12. The van der Waals surface area contributed by atoms with Crippen molar-refractivity contribution in [2.24, 2.45) is 4.99 Å². The van der Waals surface area contributed by atoms with Crippen LogP contribution in [0.25, 0.3) is 16.8 Å². The van der Waals surface area contributed by atoms with Gasteiger partial charge in [-0.3, -0.25) is 4.99 Å². The van der Waals surface area contributed by atoms with Gasteiger partial charge in [-0.1, -0.05) is 135 Å². The van der Waals surface area contributed by atoms with Crippen molar-refractivity contribution in [2.45, 2.75) is 39.3 Å². The number of allylic oxidation sites excluding steroid dienone is 6. The van der Waals surface area contributed by atoms with Crippen molar-refractivity contribution in [3.63, 3.8) is 0 Å². The fraction of sp³-hybridized carbons (Fsp3) is 0.175. The molecule has 1 heterocycles. The lowest BCUT2D eigenvalue weighted by molar-refractivity contribution is 0.352. The van der Waals surface area contributed by atoms with Crippen LogP contribution in [0, 0.1) is 6.92 Å². The quantitative estimate of drug-likeness (QED) is 0.190. The Morgan fingerprint density at radius 3 is 2.21 bits per heavy atom. The molecule has 1 aliphatic rings. The third-order valence-electron chi connectivity index (χ3n) is 8.12. The van der Waals surface area contributed by atoms with E-state index in [1.54, 1.807) is 0 Å². The second-order valence-electron chi connectivity index (χ2n) is 11.0.